The largest absolute Gasteiger partial charge is 0.162 e. The molecule has 1 fully saturated rings. The van der Waals surface area contributed by atoms with E-state index >= 15 is 0 Å². The number of hydrogen-bond acceptors (Lipinski definition) is 1. The van der Waals surface area contributed by atoms with E-state index in [1.54, 1.807) is 0 Å². The minimum absolute atomic E-state index is 0.531. The maximum absolute atomic E-state index is 2.36. The average Bonchev–Trinajstić information content (AvgIpc) is 2.31. The molecule has 0 aromatic rings. The zero-order valence-corrected chi connectivity index (χ0v) is 9.71. The molecule has 0 amide bonds. The minimum atomic E-state index is 0.531. The first kappa shape index (κ1) is 10.4. The van der Waals surface area contributed by atoms with Gasteiger partial charge in [-0.2, -0.15) is 11.8 Å². The van der Waals surface area contributed by atoms with Gasteiger partial charge in [0, 0.05) is 5.25 Å². The molecule has 0 nitrogen and oxygen atoms in total. The van der Waals surface area contributed by atoms with Gasteiger partial charge in [0.2, 0.25) is 0 Å². The molecule has 0 aliphatic heterocycles. The average molecular weight is 186 g/mol. The molecule has 0 aromatic heterocycles. The van der Waals surface area contributed by atoms with Gasteiger partial charge in [0.1, 0.15) is 0 Å². The topological polar surface area (TPSA) is 0 Å². The van der Waals surface area contributed by atoms with E-state index in [1.807, 2.05) is 0 Å². The Morgan fingerprint density at radius 3 is 2.42 bits per heavy atom. The lowest BCUT2D eigenvalue weighted by molar-refractivity contribution is 0.300. The van der Waals surface area contributed by atoms with Crippen molar-refractivity contribution in [2.45, 2.75) is 51.7 Å². The summed E-state index contributed by atoms with van der Waals surface area (Å²) in [7, 11) is 0. The number of rotatable bonds is 2. The zero-order valence-electron chi connectivity index (χ0n) is 8.89. The van der Waals surface area contributed by atoms with Gasteiger partial charge in [-0.15, -0.1) is 0 Å². The summed E-state index contributed by atoms with van der Waals surface area (Å²) in [5, 5.41) is 0.962. The third kappa shape index (κ3) is 3.01. The second-order valence-electron chi connectivity index (χ2n) is 5.23. The highest BCUT2D eigenvalue weighted by atomic mass is 32.2. The van der Waals surface area contributed by atoms with E-state index < -0.39 is 0 Å². The summed E-state index contributed by atoms with van der Waals surface area (Å²) in [6.07, 6.45) is 8.08. The first-order valence-corrected chi connectivity index (χ1v) is 6.34. The molecule has 1 saturated carbocycles. The van der Waals surface area contributed by atoms with Gasteiger partial charge in [-0.1, -0.05) is 27.2 Å². The molecule has 1 rings (SSSR count). The van der Waals surface area contributed by atoms with E-state index in [0.29, 0.717) is 5.41 Å². The summed E-state index contributed by atoms with van der Waals surface area (Å²) in [6, 6.07) is 0. The van der Waals surface area contributed by atoms with Crippen LogP contribution in [0.3, 0.4) is 0 Å². The lowest BCUT2D eigenvalue weighted by Gasteiger charge is -2.26. The number of hydrogen-bond donors (Lipinski definition) is 0. The predicted octanol–water partition coefficient (Wildman–Crippen LogP) is 3.95. The first-order chi connectivity index (χ1) is 5.53. The van der Waals surface area contributed by atoms with Crippen LogP contribution in [0.15, 0.2) is 0 Å². The highest BCUT2D eigenvalue weighted by Crippen LogP contribution is 2.40. The smallest absolute Gasteiger partial charge is 0.00727 e. The van der Waals surface area contributed by atoms with Crippen LogP contribution in [0, 0.1) is 11.3 Å². The van der Waals surface area contributed by atoms with E-state index in [0.717, 1.165) is 11.2 Å². The normalized spacial score (nSPS) is 31.0. The van der Waals surface area contributed by atoms with Gasteiger partial charge in [0.05, 0.1) is 0 Å². The molecule has 0 spiro atoms. The van der Waals surface area contributed by atoms with Crippen LogP contribution >= 0.6 is 11.8 Å². The Kier molecular flexibility index (Phi) is 3.51. The van der Waals surface area contributed by atoms with E-state index in [4.69, 9.17) is 0 Å². The maximum atomic E-state index is 2.36. The molecule has 0 bridgehead atoms. The van der Waals surface area contributed by atoms with E-state index in [1.165, 1.54) is 25.7 Å². The van der Waals surface area contributed by atoms with Crippen molar-refractivity contribution < 1.29 is 0 Å². The molecule has 0 N–H and O–H groups in total. The summed E-state index contributed by atoms with van der Waals surface area (Å²) < 4.78 is 0. The van der Waals surface area contributed by atoms with Gasteiger partial charge >= 0.3 is 0 Å². The van der Waals surface area contributed by atoms with Crippen LogP contribution in [0.5, 0.6) is 0 Å². The predicted molar refractivity (Wildman–Crippen MR) is 58.7 cm³/mol. The Morgan fingerprint density at radius 1 is 1.25 bits per heavy atom. The summed E-state index contributed by atoms with van der Waals surface area (Å²) in [4.78, 5) is 0. The van der Waals surface area contributed by atoms with E-state index in [-0.39, 0.29) is 0 Å². The van der Waals surface area contributed by atoms with Crippen molar-refractivity contribution in [3.8, 4) is 0 Å². The van der Waals surface area contributed by atoms with Gasteiger partial charge in [0.25, 0.3) is 0 Å². The Labute approximate surface area is 81.5 Å². The third-order valence-corrected chi connectivity index (χ3v) is 3.99. The molecule has 0 radical (unpaired) electrons. The molecule has 1 aliphatic carbocycles. The molecule has 0 saturated heterocycles. The van der Waals surface area contributed by atoms with Gasteiger partial charge in [-0.3, -0.25) is 0 Å². The van der Waals surface area contributed by atoms with Gasteiger partial charge in [0.15, 0.2) is 0 Å². The molecular formula is C11H22S. The van der Waals surface area contributed by atoms with Gasteiger partial charge in [-0.25, -0.2) is 0 Å². The summed E-state index contributed by atoms with van der Waals surface area (Å²) in [6.45, 7) is 7.09. The lowest BCUT2D eigenvalue weighted by atomic mass is 9.84. The highest BCUT2D eigenvalue weighted by Gasteiger charge is 2.29. The van der Waals surface area contributed by atoms with Crippen molar-refractivity contribution in [1.82, 2.24) is 0 Å². The molecule has 2 atom stereocenters. The fraction of sp³-hybridized carbons (Fsp3) is 1.00. The standard InChI is InChI=1S/C11H22S/c1-11(2,3)8-9-6-5-7-10(9)12-4/h9-10H,5-8H2,1-4H3. The second kappa shape index (κ2) is 4.04. The maximum Gasteiger partial charge on any atom is 0.00727 e. The van der Waals surface area contributed by atoms with Crippen molar-refractivity contribution in [2.75, 3.05) is 6.26 Å². The van der Waals surface area contributed by atoms with Gasteiger partial charge < -0.3 is 0 Å². The van der Waals surface area contributed by atoms with Crippen molar-refractivity contribution >= 4 is 11.8 Å². The molecular weight excluding hydrogens is 164 g/mol. The second-order valence-corrected chi connectivity index (χ2v) is 6.31. The van der Waals surface area contributed by atoms with Gasteiger partial charge in [-0.05, 0) is 36.9 Å². The SMILES string of the molecule is CSC1CCCC1CC(C)(C)C. The van der Waals surface area contributed by atoms with Crippen molar-refractivity contribution in [3.05, 3.63) is 0 Å². The Balaban J connectivity index is 2.41. The first-order valence-electron chi connectivity index (χ1n) is 5.06. The fourth-order valence-corrected chi connectivity index (χ4v) is 3.35. The van der Waals surface area contributed by atoms with Crippen LogP contribution in [0.25, 0.3) is 0 Å². The minimum Gasteiger partial charge on any atom is -0.162 e. The van der Waals surface area contributed by atoms with Crippen LogP contribution in [0.2, 0.25) is 0 Å². The quantitative estimate of drug-likeness (QED) is 0.629. The van der Waals surface area contributed by atoms with Crippen LogP contribution in [0.4, 0.5) is 0 Å². The lowest BCUT2D eigenvalue weighted by Crippen LogP contribution is -2.17. The number of thioether (sulfide) groups is 1. The Hall–Kier alpha value is 0.350. The Morgan fingerprint density at radius 2 is 1.92 bits per heavy atom. The van der Waals surface area contributed by atoms with Crippen LogP contribution < -0.4 is 0 Å². The van der Waals surface area contributed by atoms with Crippen molar-refractivity contribution in [3.63, 3.8) is 0 Å². The van der Waals surface area contributed by atoms with Crippen LogP contribution in [0.1, 0.15) is 46.5 Å². The summed E-state index contributed by atoms with van der Waals surface area (Å²) in [5.41, 5.74) is 0.531. The van der Waals surface area contributed by atoms with E-state index in [9.17, 15) is 0 Å². The molecule has 0 heterocycles. The monoisotopic (exact) mass is 186 g/mol. The molecule has 2 unspecified atom stereocenters. The molecule has 72 valence electrons. The van der Waals surface area contributed by atoms with Crippen molar-refractivity contribution in [2.24, 2.45) is 11.3 Å². The Bertz CT molecular complexity index is 134. The van der Waals surface area contributed by atoms with Crippen LogP contribution in [-0.4, -0.2) is 11.5 Å². The van der Waals surface area contributed by atoms with E-state index in [2.05, 4.69) is 38.8 Å². The fourth-order valence-electron chi connectivity index (χ4n) is 2.33. The van der Waals surface area contributed by atoms with Crippen molar-refractivity contribution in [1.29, 1.82) is 0 Å². The zero-order chi connectivity index (χ0) is 9.19. The summed E-state index contributed by atoms with van der Waals surface area (Å²) in [5.74, 6) is 1.000. The van der Waals surface area contributed by atoms with Crippen LogP contribution in [-0.2, 0) is 0 Å². The summed E-state index contributed by atoms with van der Waals surface area (Å²) >= 11 is 2.08. The highest BCUT2D eigenvalue weighted by molar-refractivity contribution is 7.99. The molecule has 1 heteroatoms. The third-order valence-electron chi connectivity index (χ3n) is 2.77. The molecule has 1 aliphatic rings. The molecule has 12 heavy (non-hydrogen) atoms. The molecule has 0 aromatic carbocycles.